The first-order valence-corrected chi connectivity index (χ1v) is 8.80. The van der Waals surface area contributed by atoms with Gasteiger partial charge in [0.2, 0.25) is 0 Å². The number of rotatable bonds is 6. The van der Waals surface area contributed by atoms with Gasteiger partial charge in [-0.05, 0) is 19.4 Å². The summed E-state index contributed by atoms with van der Waals surface area (Å²) in [6.45, 7) is 9.66. The fraction of sp³-hybridized carbons (Fsp3) is 0.526. The molecule has 0 aliphatic carbocycles. The molecule has 1 saturated heterocycles. The van der Waals surface area contributed by atoms with Crippen LogP contribution in [0.15, 0.2) is 42.7 Å². The number of imidazole rings is 1. The molecular formula is C19H28N4O. The Morgan fingerprint density at radius 3 is 2.71 bits per heavy atom. The zero-order valence-electron chi connectivity index (χ0n) is 14.7. The molecule has 2 aromatic rings. The highest BCUT2D eigenvalue weighted by molar-refractivity contribution is 5.15. The Morgan fingerprint density at radius 1 is 1.21 bits per heavy atom. The standard InChI is InChI=1S/C19H28N4O/c1-16-12-21(10-11-22(16)13-17(2)24)15-19-20-8-9-23(19)14-18-6-4-3-5-7-18/h3-9,16-17,24H,10-15H2,1-2H3. The third-order valence-corrected chi connectivity index (χ3v) is 4.71. The van der Waals surface area contributed by atoms with Crippen LogP contribution in [-0.2, 0) is 13.1 Å². The van der Waals surface area contributed by atoms with E-state index in [0.29, 0.717) is 6.04 Å². The zero-order chi connectivity index (χ0) is 16.9. The maximum atomic E-state index is 9.60. The second kappa shape index (κ2) is 7.92. The monoisotopic (exact) mass is 328 g/mol. The van der Waals surface area contributed by atoms with Gasteiger partial charge in [0, 0.05) is 51.2 Å². The first-order valence-electron chi connectivity index (χ1n) is 8.80. The highest BCUT2D eigenvalue weighted by Gasteiger charge is 2.25. The van der Waals surface area contributed by atoms with Crippen molar-refractivity contribution in [3.05, 3.63) is 54.1 Å². The molecule has 5 nitrogen and oxygen atoms in total. The Kier molecular flexibility index (Phi) is 5.66. The SMILES string of the molecule is CC(O)CN1CCN(Cc2nccn2Cc2ccccc2)CC1C. The summed E-state index contributed by atoms with van der Waals surface area (Å²) in [5.74, 6) is 1.12. The van der Waals surface area contributed by atoms with Crippen molar-refractivity contribution in [2.24, 2.45) is 0 Å². The Labute approximate surface area is 144 Å². The maximum absolute atomic E-state index is 9.60. The molecule has 2 unspecified atom stereocenters. The number of hydrogen-bond donors (Lipinski definition) is 1. The van der Waals surface area contributed by atoms with Gasteiger partial charge in [-0.1, -0.05) is 30.3 Å². The quantitative estimate of drug-likeness (QED) is 0.878. The molecule has 0 bridgehead atoms. The van der Waals surface area contributed by atoms with Gasteiger partial charge in [0.15, 0.2) is 0 Å². The van der Waals surface area contributed by atoms with Crippen LogP contribution >= 0.6 is 0 Å². The summed E-state index contributed by atoms with van der Waals surface area (Å²) in [7, 11) is 0. The summed E-state index contributed by atoms with van der Waals surface area (Å²) in [4.78, 5) is 9.40. The van der Waals surface area contributed by atoms with E-state index in [2.05, 4.69) is 56.7 Å². The van der Waals surface area contributed by atoms with Gasteiger partial charge in [-0.2, -0.15) is 0 Å². The molecule has 130 valence electrons. The van der Waals surface area contributed by atoms with Crippen LogP contribution in [0, 0.1) is 0 Å². The molecule has 0 saturated carbocycles. The number of nitrogens with zero attached hydrogens (tertiary/aromatic N) is 4. The van der Waals surface area contributed by atoms with Gasteiger partial charge in [-0.15, -0.1) is 0 Å². The number of piperazine rings is 1. The minimum atomic E-state index is -0.260. The van der Waals surface area contributed by atoms with E-state index in [1.807, 2.05) is 19.2 Å². The Bertz CT molecular complexity index is 625. The fourth-order valence-corrected chi connectivity index (χ4v) is 3.44. The lowest BCUT2D eigenvalue weighted by molar-refractivity contribution is 0.0410. The number of β-amino-alcohol motifs (C(OH)–C–C–N with tert-alkyl or cyclic N) is 1. The van der Waals surface area contributed by atoms with Crippen molar-refractivity contribution in [2.75, 3.05) is 26.2 Å². The highest BCUT2D eigenvalue weighted by atomic mass is 16.3. The number of hydrogen-bond acceptors (Lipinski definition) is 4. The predicted octanol–water partition coefficient (Wildman–Crippen LogP) is 1.82. The van der Waals surface area contributed by atoms with Gasteiger partial charge >= 0.3 is 0 Å². The van der Waals surface area contributed by atoms with E-state index in [1.54, 1.807) is 0 Å². The van der Waals surface area contributed by atoms with Crippen LogP contribution in [0.2, 0.25) is 0 Å². The first kappa shape index (κ1) is 17.1. The normalized spacial score (nSPS) is 21.0. The largest absolute Gasteiger partial charge is 0.392 e. The van der Waals surface area contributed by atoms with Crippen molar-refractivity contribution >= 4 is 0 Å². The first-order chi connectivity index (χ1) is 11.6. The lowest BCUT2D eigenvalue weighted by atomic mass is 10.1. The Morgan fingerprint density at radius 2 is 2.00 bits per heavy atom. The van der Waals surface area contributed by atoms with Crippen LogP contribution in [0.1, 0.15) is 25.2 Å². The van der Waals surface area contributed by atoms with E-state index in [-0.39, 0.29) is 6.10 Å². The number of aliphatic hydroxyl groups is 1. The third-order valence-electron chi connectivity index (χ3n) is 4.71. The van der Waals surface area contributed by atoms with Crippen LogP contribution in [0.4, 0.5) is 0 Å². The average molecular weight is 328 g/mol. The Hall–Kier alpha value is -1.69. The van der Waals surface area contributed by atoms with E-state index in [1.165, 1.54) is 5.56 Å². The molecule has 0 radical (unpaired) electrons. The van der Waals surface area contributed by atoms with Gasteiger partial charge in [-0.3, -0.25) is 9.80 Å². The van der Waals surface area contributed by atoms with Crippen LogP contribution in [0.25, 0.3) is 0 Å². The Balaban J connectivity index is 1.59. The van der Waals surface area contributed by atoms with E-state index < -0.39 is 0 Å². The van der Waals surface area contributed by atoms with Crippen molar-refractivity contribution in [1.82, 2.24) is 19.4 Å². The summed E-state index contributed by atoms with van der Waals surface area (Å²) in [5, 5.41) is 9.60. The van der Waals surface area contributed by atoms with Crippen LogP contribution < -0.4 is 0 Å². The lowest BCUT2D eigenvalue weighted by Crippen LogP contribution is -2.53. The van der Waals surface area contributed by atoms with Crippen molar-refractivity contribution in [3.8, 4) is 0 Å². The van der Waals surface area contributed by atoms with Crippen LogP contribution in [-0.4, -0.2) is 62.8 Å². The van der Waals surface area contributed by atoms with Crippen LogP contribution in [0.5, 0.6) is 0 Å². The average Bonchev–Trinajstić information content (AvgIpc) is 2.98. The van der Waals surface area contributed by atoms with Crippen LogP contribution in [0.3, 0.4) is 0 Å². The molecule has 5 heteroatoms. The topological polar surface area (TPSA) is 44.5 Å². The van der Waals surface area contributed by atoms with Crippen molar-refractivity contribution in [3.63, 3.8) is 0 Å². The van der Waals surface area contributed by atoms with Crippen molar-refractivity contribution < 1.29 is 5.11 Å². The summed E-state index contributed by atoms with van der Waals surface area (Å²) in [6.07, 6.45) is 3.70. The van der Waals surface area contributed by atoms with Crippen molar-refractivity contribution in [2.45, 2.75) is 39.1 Å². The van der Waals surface area contributed by atoms with Crippen molar-refractivity contribution in [1.29, 1.82) is 0 Å². The molecule has 1 N–H and O–H groups in total. The molecule has 2 heterocycles. The number of aromatic nitrogens is 2. The molecule has 2 atom stereocenters. The molecule has 0 amide bonds. The smallest absolute Gasteiger partial charge is 0.123 e. The van der Waals surface area contributed by atoms with Gasteiger partial charge in [0.25, 0.3) is 0 Å². The second-order valence-electron chi connectivity index (χ2n) is 6.89. The van der Waals surface area contributed by atoms with E-state index >= 15 is 0 Å². The summed E-state index contributed by atoms with van der Waals surface area (Å²) in [6, 6.07) is 11.0. The summed E-state index contributed by atoms with van der Waals surface area (Å²) >= 11 is 0. The van der Waals surface area contributed by atoms with Gasteiger partial charge in [-0.25, -0.2) is 4.98 Å². The highest BCUT2D eigenvalue weighted by Crippen LogP contribution is 2.14. The molecule has 0 spiro atoms. The second-order valence-corrected chi connectivity index (χ2v) is 6.89. The minimum Gasteiger partial charge on any atom is -0.392 e. The predicted molar refractivity (Wildman–Crippen MR) is 95.8 cm³/mol. The van der Waals surface area contributed by atoms with E-state index in [9.17, 15) is 5.11 Å². The molecule has 1 aromatic carbocycles. The lowest BCUT2D eigenvalue weighted by Gasteiger charge is -2.40. The fourth-order valence-electron chi connectivity index (χ4n) is 3.44. The molecule has 3 rings (SSSR count). The van der Waals surface area contributed by atoms with Gasteiger partial charge < -0.3 is 9.67 Å². The van der Waals surface area contributed by atoms with E-state index in [4.69, 9.17) is 0 Å². The van der Waals surface area contributed by atoms with E-state index in [0.717, 1.165) is 45.1 Å². The molecule has 24 heavy (non-hydrogen) atoms. The maximum Gasteiger partial charge on any atom is 0.123 e. The molecule has 1 aliphatic heterocycles. The molecule has 1 aliphatic rings. The van der Waals surface area contributed by atoms with Gasteiger partial charge in [0.05, 0.1) is 12.6 Å². The number of aliphatic hydroxyl groups excluding tert-OH is 1. The van der Waals surface area contributed by atoms with Gasteiger partial charge in [0.1, 0.15) is 5.82 Å². The summed E-state index contributed by atoms with van der Waals surface area (Å²) in [5.41, 5.74) is 1.30. The molecular weight excluding hydrogens is 300 g/mol. The summed E-state index contributed by atoms with van der Waals surface area (Å²) < 4.78 is 2.24. The minimum absolute atomic E-state index is 0.260. The third kappa shape index (κ3) is 4.44. The zero-order valence-corrected chi connectivity index (χ0v) is 14.7. The number of benzene rings is 1. The molecule has 1 aromatic heterocycles. The molecule has 1 fully saturated rings.